The molecule has 0 atom stereocenters. The summed E-state index contributed by atoms with van der Waals surface area (Å²) in [6.45, 7) is 1.62. The van der Waals surface area contributed by atoms with Crippen molar-refractivity contribution in [2.75, 3.05) is 39.1 Å². The van der Waals surface area contributed by atoms with E-state index in [2.05, 4.69) is 15.0 Å². The molecule has 3 heterocycles. The molecule has 0 saturated heterocycles. The van der Waals surface area contributed by atoms with Crippen molar-refractivity contribution in [2.45, 2.75) is 6.42 Å². The molecule has 1 amide bonds. The Hall–Kier alpha value is -3.46. The van der Waals surface area contributed by atoms with Gasteiger partial charge in [0.1, 0.15) is 12.3 Å². The van der Waals surface area contributed by atoms with E-state index >= 15 is 0 Å². The number of fused-ring (bicyclic) bond motifs is 1. The van der Waals surface area contributed by atoms with Crippen LogP contribution in [0.2, 0.25) is 0 Å². The monoisotopic (exact) mass is 394 g/mol. The van der Waals surface area contributed by atoms with Gasteiger partial charge in [0.25, 0.3) is 0 Å². The third kappa shape index (κ3) is 4.04. The van der Waals surface area contributed by atoms with Crippen LogP contribution < -0.4 is 5.73 Å². The van der Waals surface area contributed by atoms with Crippen molar-refractivity contribution in [3.8, 4) is 11.5 Å². The Kier molecular flexibility index (Phi) is 5.39. The van der Waals surface area contributed by atoms with Gasteiger partial charge in [0.05, 0.1) is 29.5 Å². The number of methoxy groups -OCH3 is 1. The van der Waals surface area contributed by atoms with Crippen molar-refractivity contribution in [2.24, 2.45) is 0 Å². The number of carbonyl (C=O) groups is 1. The predicted octanol–water partition coefficient (Wildman–Crippen LogP) is 2.47. The SMILES string of the molecule is COCCOC(=O)N1CC=C(c2cnc(N)c(-c3nc4ccccc4[nH]3)n2)CC1. The van der Waals surface area contributed by atoms with E-state index in [9.17, 15) is 4.79 Å². The summed E-state index contributed by atoms with van der Waals surface area (Å²) in [6, 6.07) is 7.74. The first-order chi connectivity index (χ1) is 14.2. The molecule has 4 rings (SSSR count). The molecule has 2 aromatic heterocycles. The number of hydrogen-bond acceptors (Lipinski definition) is 7. The van der Waals surface area contributed by atoms with E-state index in [-0.39, 0.29) is 12.7 Å². The molecule has 1 aliphatic rings. The van der Waals surface area contributed by atoms with E-state index in [1.165, 1.54) is 0 Å². The van der Waals surface area contributed by atoms with Crippen LogP contribution in [0.15, 0.2) is 36.5 Å². The van der Waals surface area contributed by atoms with Crippen LogP contribution in [0, 0.1) is 0 Å². The number of carbonyl (C=O) groups excluding carboxylic acids is 1. The van der Waals surface area contributed by atoms with E-state index in [0.29, 0.717) is 43.5 Å². The van der Waals surface area contributed by atoms with Gasteiger partial charge < -0.3 is 25.1 Å². The fourth-order valence-corrected chi connectivity index (χ4v) is 3.16. The van der Waals surface area contributed by atoms with Gasteiger partial charge in [0, 0.05) is 20.2 Å². The molecule has 0 unspecified atom stereocenters. The molecule has 0 bridgehead atoms. The van der Waals surface area contributed by atoms with Crippen LogP contribution in [-0.2, 0) is 9.47 Å². The molecule has 9 heteroatoms. The van der Waals surface area contributed by atoms with Crippen LogP contribution in [0.1, 0.15) is 12.1 Å². The van der Waals surface area contributed by atoms with Crippen molar-refractivity contribution in [3.63, 3.8) is 0 Å². The first-order valence-corrected chi connectivity index (χ1v) is 9.33. The fourth-order valence-electron chi connectivity index (χ4n) is 3.16. The molecule has 1 aromatic carbocycles. The summed E-state index contributed by atoms with van der Waals surface area (Å²) in [4.78, 5) is 30.5. The minimum atomic E-state index is -0.344. The van der Waals surface area contributed by atoms with Gasteiger partial charge in [-0.1, -0.05) is 18.2 Å². The predicted molar refractivity (Wildman–Crippen MR) is 109 cm³/mol. The Balaban J connectivity index is 1.53. The highest BCUT2D eigenvalue weighted by atomic mass is 16.6. The number of imidazole rings is 1. The van der Waals surface area contributed by atoms with E-state index in [4.69, 9.17) is 20.2 Å². The average molecular weight is 394 g/mol. The Bertz CT molecular complexity index is 1030. The molecule has 0 saturated carbocycles. The van der Waals surface area contributed by atoms with Gasteiger partial charge >= 0.3 is 6.09 Å². The number of nitrogens with two attached hydrogens (primary N) is 1. The number of rotatable bonds is 5. The van der Waals surface area contributed by atoms with Gasteiger partial charge in [-0.15, -0.1) is 0 Å². The zero-order chi connectivity index (χ0) is 20.2. The Morgan fingerprint density at radius 3 is 2.90 bits per heavy atom. The van der Waals surface area contributed by atoms with Crippen LogP contribution in [0.4, 0.5) is 10.6 Å². The van der Waals surface area contributed by atoms with Gasteiger partial charge in [-0.2, -0.15) is 0 Å². The van der Waals surface area contributed by atoms with Crippen LogP contribution in [0.25, 0.3) is 28.1 Å². The molecule has 1 aliphatic heterocycles. The molecule has 9 nitrogen and oxygen atoms in total. The lowest BCUT2D eigenvalue weighted by Gasteiger charge is -2.25. The number of aromatic amines is 1. The first-order valence-electron chi connectivity index (χ1n) is 9.33. The second-order valence-corrected chi connectivity index (χ2v) is 6.62. The van der Waals surface area contributed by atoms with Gasteiger partial charge in [0.15, 0.2) is 11.6 Å². The molecular formula is C20H22N6O3. The number of H-pyrrole nitrogens is 1. The summed E-state index contributed by atoms with van der Waals surface area (Å²) in [7, 11) is 1.57. The smallest absolute Gasteiger partial charge is 0.410 e. The number of anilines is 1. The number of para-hydroxylation sites is 2. The van der Waals surface area contributed by atoms with Crippen LogP contribution in [0.3, 0.4) is 0 Å². The second kappa shape index (κ2) is 8.27. The highest BCUT2D eigenvalue weighted by Gasteiger charge is 2.21. The normalized spacial score (nSPS) is 14.1. The molecule has 0 radical (unpaired) electrons. The Morgan fingerprint density at radius 1 is 1.28 bits per heavy atom. The number of nitrogens with one attached hydrogen (secondary N) is 1. The molecule has 0 spiro atoms. The summed E-state index contributed by atoms with van der Waals surface area (Å²) in [5.74, 6) is 0.894. The topological polar surface area (TPSA) is 119 Å². The van der Waals surface area contributed by atoms with Gasteiger partial charge in [-0.25, -0.2) is 19.7 Å². The summed E-state index contributed by atoms with van der Waals surface area (Å²) in [5.41, 5.74) is 10.1. The second-order valence-electron chi connectivity index (χ2n) is 6.62. The van der Waals surface area contributed by atoms with Crippen molar-refractivity contribution in [3.05, 3.63) is 42.2 Å². The summed E-state index contributed by atoms with van der Waals surface area (Å²) >= 11 is 0. The molecular weight excluding hydrogens is 372 g/mol. The van der Waals surface area contributed by atoms with Gasteiger partial charge in [0.2, 0.25) is 0 Å². The third-order valence-corrected chi connectivity index (χ3v) is 4.72. The number of hydrogen-bond donors (Lipinski definition) is 2. The maximum atomic E-state index is 12.0. The van der Waals surface area contributed by atoms with E-state index in [1.807, 2.05) is 30.3 Å². The molecule has 0 aliphatic carbocycles. The Labute approximate surface area is 167 Å². The van der Waals surface area contributed by atoms with Gasteiger partial charge in [-0.05, 0) is 24.1 Å². The molecule has 0 fully saturated rings. The van der Waals surface area contributed by atoms with Crippen molar-refractivity contribution >= 4 is 28.5 Å². The summed E-state index contributed by atoms with van der Waals surface area (Å²) < 4.78 is 10.1. The standard InChI is InChI=1S/C20H22N6O3/c1-28-10-11-29-20(27)26-8-6-13(7-9-26)16-12-22-18(21)17(23-16)19-24-14-4-2-3-5-15(14)25-19/h2-6,12H,7-11H2,1H3,(H2,21,22)(H,24,25). The van der Waals surface area contributed by atoms with Crippen LogP contribution >= 0.6 is 0 Å². The fraction of sp³-hybridized carbons (Fsp3) is 0.300. The minimum Gasteiger partial charge on any atom is -0.447 e. The Morgan fingerprint density at radius 2 is 2.14 bits per heavy atom. The lowest BCUT2D eigenvalue weighted by Crippen LogP contribution is -2.35. The molecule has 150 valence electrons. The molecule has 3 aromatic rings. The van der Waals surface area contributed by atoms with E-state index < -0.39 is 0 Å². The highest BCUT2D eigenvalue weighted by Crippen LogP contribution is 2.26. The summed E-state index contributed by atoms with van der Waals surface area (Å²) in [6.07, 6.45) is 3.92. The largest absolute Gasteiger partial charge is 0.447 e. The maximum Gasteiger partial charge on any atom is 0.410 e. The average Bonchev–Trinajstić information content (AvgIpc) is 3.18. The first kappa shape index (κ1) is 18.9. The van der Waals surface area contributed by atoms with Crippen molar-refractivity contribution in [1.82, 2.24) is 24.8 Å². The van der Waals surface area contributed by atoms with E-state index in [0.717, 1.165) is 22.3 Å². The van der Waals surface area contributed by atoms with Crippen molar-refractivity contribution < 1.29 is 14.3 Å². The number of aromatic nitrogens is 4. The number of amides is 1. The minimum absolute atomic E-state index is 0.243. The zero-order valence-corrected chi connectivity index (χ0v) is 16.1. The lowest BCUT2D eigenvalue weighted by atomic mass is 10.1. The quantitative estimate of drug-likeness (QED) is 0.638. The zero-order valence-electron chi connectivity index (χ0n) is 16.1. The third-order valence-electron chi connectivity index (χ3n) is 4.72. The van der Waals surface area contributed by atoms with Gasteiger partial charge in [-0.3, -0.25) is 0 Å². The van der Waals surface area contributed by atoms with Crippen LogP contribution in [-0.4, -0.2) is 64.3 Å². The number of benzene rings is 1. The molecule has 29 heavy (non-hydrogen) atoms. The number of ether oxygens (including phenoxy) is 2. The number of nitrogens with zero attached hydrogens (tertiary/aromatic N) is 4. The highest BCUT2D eigenvalue weighted by molar-refractivity contribution is 5.81. The van der Waals surface area contributed by atoms with Crippen molar-refractivity contribution in [1.29, 1.82) is 0 Å². The maximum absolute atomic E-state index is 12.0. The van der Waals surface area contributed by atoms with E-state index in [1.54, 1.807) is 18.2 Å². The lowest BCUT2D eigenvalue weighted by molar-refractivity contribution is 0.0741. The summed E-state index contributed by atoms with van der Waals surface area (Å²) in [5, 5.41) is 0. The number of nitrogen functional groups attached to an aromatic ring is 1. The molecule has 3 N–H and O–H groups in total. The van der Waals surface area contributed by atoms with Crippen LogP contribution in [0.5, 0.6) is 0 Å².